The standard InChI is InChI=1S/C14H17F2N3O2/c1-18(2)14(21)12-8-17-3-4-19(12)13(20)9-5-10(15)7-11(16)6-9/h5-7,12,17H,3-4,8H2,1-2H3. The molecular weight excluding hydrogens is 280 g/mol. The van der Waals surface area contributed by atoms with Gasteiger partial charge in [0, 0.05) is 45.4 Å². The Morgan fingerprint density at radius 1 is 1.24 bits per heavy atom. The highest BCUT2D eigenvalue weighted by molar-refractivity contribution is 5.97. The van der Waals surface area contributed by atoms with Crippen LogP contribution in [0.25, 0.3) is 0 Å². The molecule has 2 amide bonds. The van der Waals surface area contributed by atoms with E-state index in [4.69, 9.17) is 0 Å². The van der Waals surface area contributed by atoms with Crippen molar-refractivity contribution in [2.75, 3.05) is 33.7 Å². The van der Waals surface area contributed by atoms with E-state index in [1.54, 1.807) is 14.1 Å². The average molecular weight is 297 g/mol. The van der Waals surface area contributed by atoms with Crippen molar-refractivity contribution in [3.8, 4) is 0 Å². The van der Waals surface area contributed by atoms with E-state index in [1.165, 1.54) is 9.80 Å². The zero-order valence-electron chi connectivity index (χ0n) is 11.9. The lowest BCUT2D eigenvalue weighted by Crippen LogP contribution is -2.59. The molecule has 0 aliphatic carbocycles. The lowest BCUT2D eigenvalue weighted by molar-refractivity contribution is -0.134. The first-order valence-electron chi connectivity index (χ1n) is 6.59. The summed E-state index contributed by atoms with van der Waals surface area (Å²) >= 11 is 0. The second-order valence-electron chi connectivity index (χ2n) is 5.11. The van der Waals surface area contributed by atoms with Crippen LogP contribution in [0.4, 0.5) is 8.78 Å². The van der Waals surface area contributed by atoms with Gasteiger partial charge in [-0.2, -0.15) is 0 Å². The molecule has 1 aliphatic heterocycles. The van der Waals surface area contributed by atoms with Gasteiger partial charge in [0.05, 0.1) is 0 Å². The van der Waals surface area contributed by atoms with E-state index in [2.05, 4.69) is 5.32 Å². The van der Waals surface area contributed by atoms with Crippen molar-refractivity contribution in [3.63, 3.8) is 0 Å². The molecule has 7 heteroatoms. The summed E-state index contributed by atoms with van der Waals surface area (Å²) in [5, 5.41) is 3.04. The van der Waals surface area contributed by atoms with Gasteiger partial charge in [0.2, 0.25) is 5.91 Å². The summed E-state index contributed by atoms with van der Waals surface area (Å²) in [5.74, 6) is -2.41. The molecular formula is C14H17F2N3O2. The summed E-state index contributed by atoms with van der Waals surface area (Å²) in [6.45, 7) is 1.16. The molecule has 114 valence electrons. The van der Waals surface area contributed by atoms with Crippen molar-refractivity contribution in [1.29, 1.82) is 0 Å². The Morgan fingerprint density at radius 2 is 1.86 bits per heavy atom. The molecule has 1 fully saturated rings. The number of carbonyl (C=O) groups excluding carboxylic acids is 2. The highest BCUT2D eigenvalue weighted by Gasteiger charge is 2.33. The predicted molar refractivity (Wildman–Crippen MR) is 72.7 cm³/mol. The molecule has 0 aromatic heterocycles. The van der Waals surface area contributed by atoms with Gasteiger partial charge in [0.25, 0.3) is 5.91 Å². The Hall–Kier alpha value is -2.02. The summed E-state index contributed by atoms with van der Waals surface area (Å²) < 4.78 is 26.5. The van der Waals surface area contributed by atoms with Crippen LogP contribution >= 0.6 is 0 Å². The molecule has 1 heterocycles. The largest absolute Gasteiger partial charge is 0.347 e. The fraction of sp³-hybridized carbons (Fsp3) is 0.429. The number of carbonyl (C=O) groups is 2. The third-order valence-electron chi connectivity index (χ3n) is 3.34. The summed E-state index contributed by atoms with van der Waals surface area (Å²) in [6, 6.07) is 1.99. The zero-order chi connectivity index (χ0) is 15.6. The van der Waals surface area contributed by atoms with Gasteiger partial charge in [0.1, 0.15) is 17.7 Å². The normalized spacial score (nSPS) is 18.5. The number of benzene rings is 1. The summed E-state index contributed by atoms with van der Waals surface area (Å²) in [5.41, 5.74) is -0.0917. The van der Waals surface area contributed by atoms with Crippen LogP contribution < -0.4 is 5.32 Å². The molecule has 1 unspecified atom stereocenters. The molecule has 0 spiro atoms. The summed E-state index contributed by atoms with van der Waals surface area (Å²) in [7, 11) is 3.20. The lowest BCUT2D eigenvalue weighted by Gasteiger charge is -2.36. The van der Waals surface area contributed by atoms with Crippen LogP contribution in [0.5, 0.6) is 0 Å². The Balaban J connectivity index is 2.28. The Kier molecular flexibility index (Phi) is 4.52. The second-order valence-corrected chi connectivity index (χ2v) is 5.11. The average Bonchev–Trinajstić information content (AvgIpc) is 2.44. The van der Waals surface area contributed by atoms with Crippen molar-refractivity contribution in [1.82, 2.24) is 15.1 Å². The number of hydrogen-bond donors (Lipinski definition) is 1. The first-order valence-corrected chi connectivity index (χ1v) is 6.59. The second kappa shape index (κ2) is 6.17. The first kappa shape index (κ1) is 15.4. The Morgan fingerprint density at radius 3 is 2.43 bits per heavy atom. The van der Waals surface area contributed by atoms with Crippen LogP contribution in [-0.4, -0.2) is 61.4 Å². The molecule has 1 aliphatic rings. The van der Waals surface area contributed by atoms with Crippen LogP contribution in [0.15, 0.2) is 18.2 Å². The van der Waals surface area contributed by atoms with E-state index in [-0.39, 0.29) is 11.5 Å². The number of nitrogens with one attached hydrogen (secondary N) is 1. The van der Waals surface area contributed by atoms with Gasteiger partial charge in [-0.3, -0.25) is 9.59 Å². The maximum atomic E-state index is 13.2. The first-order chi connectivity index (χ1) is 9.90. The van der Waals surface area contributed by atoms with E-state index in [1.807, 2.05) is 0 Å². The van der Waals surface area contributed by atoms with Gasteiger partial charge in [-0.05, 0) is 12.1 Å². The monoisotopic (exact) mass is 297 g/mol. The van der Waals surface area contributed by atoms with Gasteiger partial charge < -0.3 is 15.1 Å². The number of halogens is 2. The number of nitrogens with zero attached hydrogens (tertiary/aromatic N) is 2. The smallest absolute Gasteiger partial charge is 0.254 e. The third kappa shape index (κ3) is 3.36. The number of amides is 2. The molecule has 0 radical (unpaired) electrons. The van der Waals surface area contributed by atoms with Gasteiger partial charge in [-0.1, -0.05) is 0 Å². The van der Waals surface area contributed by atoms with Crippen molar-refractivity contribution in [3.05, 3.63) is 35.4 Å². The maximum Gasteiger partial charge on any atom is 0.254 e. The SMILES string of the molecule is CN(C)C(=O)C1CNCCN1C(=O)c1cc(F)cc(F)c1. The summed E-state index contributed by atoms with van der Waals surface area (Å²) in [4.78, 5) is 27.3. The van der Waals surface area contributed by atoms with Crippen LogP contribution in [0.1, 0.15) is 10.4 Å². The lowest BCUT2D eigenvalue weighted by atomic mass is 10.1. The van der Waals surface area contributed by atoms with Crippen molar-refractivity contribution in [2.24, 2.45) is 0 Å². The third-order valence-corrected chi connectivity index (χ3v) is 3.34. The molecule has 1 aromatic carbocycles. The number of piperazine rings is 1. The van der Waals surface area contributed by atoms with Gasteiger partial charge in [-0.15, -0.1) is 0 Å². The molecule has 0 bridgehead atoms. The van der Waals surface area contributed by atoms with Gasteiger partial charge in [0.15, 0.2) is 0 Å². The molecule has 1 aromatic rings. The fourth-order valence-corrected chi connectivity index (χ4v) is 2.31. The number of rotatable bonds is 2. The van der Waals surface area contributed by atoms with Gasteiger partial charge >= 0.3 is 0 Å². The minimum atomic E-state index is -0.816. The highest BCUT2D eigenvalue weighted by Crippen LogP contribution is 2.15. The Bertz CT molecular complexity index is 543. The van der Waals surface area contributed by atoms with Gasteiger partial charge in [-0.25, -0.2) is 8.78 Å². The number of likely N-dealkylation sites (N-methyl/N-ethyl adjacent to an activating group) is 1. The fourth-order valence-electron chi connectivity index (χ4n) is 2.31. The van der Waals surface area contributed by atoms with E-state index in [0.717, 1.165) is 12.1 Å². The predicted octanol–water partition coefficient (Wildman–Crippen LogP) is 0.467. The molecule has 1 N–H and O–H groups in total. The number of hydrogen-bond acceptors (Lipinski definition) is 3. The quantitative estimate of drug-likeness (QED) is 0.863. The van der Waals surface area contributed by atoms with Crippen LogP contribution in [0.3, 0.4) is 0 Å². The molecule has 2 rings (SSSR count). The van der Waals surface area contributed by atoms with E-state index < -0.39 is 23.6 Å². The van der Waals surface area contributed by atoms with Crippen LogP contribution in [0.2, 0.25) is 0 Å². The molecule has 1 atom stereocenters. The maximum absolute atomic E-state index is 13.2. The van der Waals surface area contributed by atoms with Crippen molar-refractivity contribution < 1.29 is 18.4 Å². The van der Waals surface area contributed by atoms with Crippen LogP contribution in [0, 0.1) is 11.6 Å². The topological polar surface area (TPSA) is 52.7 Å². The highest BCUT2D eigenvalue weighted by atomic mass is 19.1. The van der Waals surface area contributed by atoms with E-state index in [9.17, 15) is 18.4 Å². The molecule has 1 saturated heterocycles. The van der Waals surface area contributed by atoms with E-state index in [0.29, 0.717) is 25.7 Å². The molecule has 0 saturated carbocycles. The van der Waals surface area contributed by atoms with E-state index >= 15 is 0 Å². The van der Waals surface area contributed by atoms with Crippen molar-refractivity contribution >= 4 is 11.8 Å². The molecule has 21 heavy (non-hydrogen) atoms. The summed E-state index contributed by atoms with van der Waals surface area (Å²) in [6.07, 6.45) is 0. The van der Waals surface area contributed by atoms with Crippen molar-refractivity contribution in [2.45, 2.75) is 6.04 Å². The zero-order valence-corrected chi connectivity index (χ0v) is 11.9. The minimum Gasteiger partial charge on any atom is -0.347 e. The minimum absolute atomic E-state index is 0.0917. The van der Waals surface area contributed by atoms with Crippen LogP contribution in [-0.2, 0) is 4.79 Å². The Labute approximate surface area is 121 Å². The molecule has 5 nitrogen and oxygen atoms in total.